The van der Waals surface area contributed by atoms with Crippen LogP contribution in [-0.2, 0) is 55.9 Å². The summed E-state index contributed by atoms with van der Waals surface area (Å²) in [5, 5.41) is 0. The van der Waals surface area contributed by atoms with E-state index in [1.165, 1.54) is 187 Å². The molecule has 14 heteroatoms. The summed E-state index contributed by atoms with van der Waals surface area (Å²) in [5.41, 5.74) is -0.591. The van der Waals surface area contributed by atoms with Gasteiger partial charge in [0.05, 0.1) is 19.1 Å². The van der Waals surface area contributed by atoms with Gasteiger partial charge in [-0.25, -0.2) is 0 Å². The van der Waals surface area contributed by atoms with Crippen LogP contribution >= 0.6 is 0 Å². The fraction of sp³-hybridized carbons (Fsp3) is 0.937. The summed E-state index contributed by atoms with van der Waals surface area (Å²) >= 11 is 0. The third-order valence-electron chi connectivity index (χ3n) is 23.7. The molecule has 540 valence electrons. The molecular weight excluding hydrogens is 1200 g/mol. The first-order valence-corrected chi connectivity index (χ1v) is 45.3. The van der Waals surface area contributed by atoms with Gasteiger partial charge in [0, 0.05) is 45.3 Å². The second-order valence-corrected chi connectivity index (χ2v) is 39.6. The minimum absolute atomic E-state index is 0.0791. The van der Waals surface area contributed by atoms with Gasteiger partial charge < -0.3 is 36.7 Å². The van der Waals surface area contributed by atoms with Gasteiger partial charge in [-0.1, -0.05) is 188 Å². The molecule has 0 aromatic carbocycles. The first-order chi connectivity index (χ1) is 44.7. The maximum Gasteiger partial charge on any atom is 0.386 e. The molecule has 0 heterocycles. The van der Waals surface area contributed by atoms with E-state index in [9.17, 15) is 24.0 Å². The number of rotatable bonds is 48. The highest BCUT2D eigenvalue weighted by molar-refractivity contribution is 6.79. The van der Waals surface area contributed by atoms with E-state index in [1.54, 1.807) is 6.92 Å². The quantitative estimate of drug-likeness (QED) is 0.0247. The molecular formula is C79H144O12Si2. The zero-order valence-corrected chi connectivity index (χ0v) is 63.9. The van der Waals surface area contributed by atoms with Crippen molar-refractivity contribution in [1.29, 1.82) is 0 Å². The molecule has 5 aliphatic rings. The van der Waals surface area contributed by atoms with Gasteiger partial charge >= 0.3 is 35.0 Å². The Balaban J connectivity index is 0.983. The lowest BCUT2D eigenvalue weighted by Gasteiger charge is -2.35. The first kappa shape index (κ1) is 81.5. The van der Waals surface area contributed by atoms with Crippen molar-refractivity contribution < 1.29 is 55.9 Å². The SMILES string of the molecule is CCCCCCCC(CCCCCC)CCOCC(CC)(COC(=O)CC1CCC(CC2CCC(CC(=O)OC)CC2)CC1)COC(=O)CC1CCC(CC2CCC(CC(=O)O[Si](C)(C)O[Si](C)(C)OCCCCCC(CC)CC3CCC(CC(C)=O)CC3)CC2)CC1. The molecule has 0 amide bonds. The Morgan fingerprint density at radius 1 is 0.409 bits per heavy atom. The molecule has 0 aromatic rings. The highest BCUT2D eigenvalue weighted by atomic mass is 28.5. The van der Waals surface area contributed by atoms with Crippen LogP contribution in [-0.4, -0.2) is 86.9 Å². The van der Waals surface area contributed by atoms with E-state index in [0.29, 0.717) is 105 Å². The Morgan fingerprint density at radius 2 is 0.796 bits per heavy atom. The zero-order chi connectivity index (χ0) is 67.3. The van der Waals surface area contributed by atoms with E-state index in [-0.39, 0.29) is 37.1 Å². The lowest BCUT2D eigenvalue weighted by Crippen LogP contribution is -2.49. The zero-order valence-electron chi connectivity index (χ0n) is 61.9. The van der Waals surface area contributed by atoms with Crippen LogP contribution in [0.5, 0.6) is 0 Å². The molecule has 5 saturated carbocycles. The van der Waals surface area contributed by atoms with Gasteiger partial charge in [0.2, 0.25) is 0 Å². The van der Waals surface area contributed by atoms with Crippen molar-refractivity contribution in [2.24, 2.45) is 76.4 Å². The third kappa shape index (κ3) is 35.0. The average molecular weight is 1340 g/mol. The number of esters is 3. The predicted octanol–water partition coefficient (Wildman–Crippen LogP) is 21.3. The van der Waals surface area contributed by atoms with Gasteiger partial charge in [-0.2, -0.15) is 0 Å². The first-order valence-electron chi connectivity index (χ1n) is 39.7. The Morgan fingerprint density at radius 3 is 1.23 bits per heavy atom. The number of ether oxygens (including phenoxy) is 4. The number of Topliss-reactive ketones (excluding diaryl/α,β-unsaturated/α-hetero) is 1. The van der Waals surface area contributed by atoms with Gasteiger partial charge in [0.15, 0.2) is 0 Å². The van der Waals surface area contributed by atoms with E-state index in [1.807, 2.05) is 13.1 Å². The maximum atomic E-state index is 13.8. The van der Waals surface area contributed by atoms with Crippen LogP contribution in [0.25, 0.3) is 0 Å². The van der Waals surface area contributed by atoms with Crippen molar-refractivity contribution in [3.05, 3.63) is 0 Å². The Labute approximate surface area is 572 Å². The monoisotopic (exact) mass is 1340 g/mol. The molecule has 5 aliphatic carbocycles. The molecule has 3 atom stereocenters. The lowest BCUT2D eigenvalue weighted by molar-refractivity contribution is -0.159. The Kier molecular flexibility index (Phi) is 39.9. The summed E-state index contributed by atoms with van der Waals surface area (Å²) in [5.74, 6) is 7.16. The summed E-state index contributed by atoms with van der Waals surface area (Å²) in [7, 11) is -3.70. The highest BCUT2D eigenvalue weighted by Crippen LogP contribution is 2.43. The molecule has 0 spiro atoms. The smallest absolute Gasteiger partial charge is 0.386 e. The van der Waals surface area contributed by atoms with Crippen molar-refractivity contribution in [1.82, 2.24) is 0 Å². The van der Waals surface area contributed by atoms with Crippen molar-refractivity contribution in [3.63, 3.8) is 0 Å². The van der Waals surface area contributed by atoms with Crippen LogP contribution in [0.2, 0.25) is 26.2 Å². The molecule has 93 heavy (non-hydrogen) atoms. The molecule has 5 fully saturated rings. The Bertz CT molecular complexity index is 2030. The summed E-state index contributed by atoms with van der Waals surface area (Å²) in [6.45, 7) is 21.1. The van der Waals surface area contributed by atoms with Gasteiger partial charge in [-0.3, -0.25) is 19.2 Å². The fourth-order valence-corrected chi connectivity index (χ4v) is 24.0. The number of ketones is 1. The normalized spacial score (nSPS) is 26.1. The van der Waals surface area contributed by atoms with Crippen molar-refractivity contribution in [2.45, 2.75) is 356 Å². The summed E-state index contributed by atoms with van der Waals surface area (Å²) in [6, 6.07) is 0. The van der Waals surface area contributed by atoms with Crippen LogP contribution < -0.4 is 0 Å². The molecule has 0 saturated heterocycles. The fourth-order valence-electron chi connectivity index (χ4n) is 17.6. The summed E-state index contributed by atoms with van der Waals surface area (Å²) in [6.07, 6.45) is 51.6. The van der Waals surface area contributed by atoms with E-state index in [2.05, 4.69) is 40.8 Å². The minimum atomic E-state index is -2.72. The number of methoxy groups -OCH3 is 1. The van der Waals surface area contributed by atoms with Gasteiger partial charge in [-0.05, 0) is 207 Å². The number of carbonyl (C=O) groups is 5. The largest absolute Gasteiger partial charge is 0.495 e. The minimum Gasteiger partial charge on any atom is -0.495 e. The van der Waals surface area contributed by atoms with Crippen molar-refractivity contribution in [3.8, 4) is 0 Å². The molecule has 0 N–H and O–H groups in total. The van der Waals surface area contributed by atoms with Crippen molar-refractivity contribution >= 4 is 46.8 Å². The molecule has 0 aliphatic heterocycles. The summed E-state index contributed by atoms with van der Waals surface area (Å²) < 4.78 is 43.1. The molecule has 3 unspecified atom stereocenters. The summed E-state index contributed by atoms with van der Waals surface area (Å²) in [4.78, 5) is 64.3. The van der Waals surface area contributed by atoms with Gasteiger partial charge in [-0.15, -0.1) is 0 Å². The third-order valence-corrected chi connectivity index (χ3v) is 29.2. The van der Waals surface area contributed by atoms with Crippen LogP contribution in [0.15, 0.2) is 0 Å². The average Bonchev–Trinajstić information content (AvgIpc) is 1.39. The van der Waals surface area contributed by atoms with Gasteiger partial charge in [0.25, 0.3) is 5.97 Å². The Hall–Kier alpha value is -2.14. The number of carbonyl (C=O) groups excluding carboxylic acids is 5. The number of unbranched alkanes of at least 4 members (excludes halogenated alkanes) is 9. The molecule has 0 radical (unpaired) electrons. The van der Waals surface area contributed by atoms with Crippen LogP contribution in [0, 0.1) is 76.4 Å². The predicted molar refractivity (Wildman–Crippen MR) is 383 cm³/mol. The van der Waals surface area contributed by atoms with Crippen LogP contribution in [0.1, 0.15) is 330 Å². The molecule has 0 bridgehead atoms. The van der Waals surface area contributed by atoms with Crippen molar-refractivity contribution in [2.75, 3.05) is 40.1 Å². The van der Waals surface area contributed by atoms with E-state index < -0.39 is 22.5 Å². The van der Waals surface area contributed by atoms with E-state index in [4.69, 9.17) is 31.9 Å². The molecule has 5 rings (SSSR count). The van der Waals surface area contributed by atoms with Crippen LogP contribution in [0.3, 0.4) is 0 Å². The second-order valence-electron chi connectivity index (χ2n) is 32.7. The second kappa shape index (κ2) is 45.5. The molecule has 12 nitrogen and oxygen atoms in total. The number of hydrogen-bond acceptors (Lipinski definition) is 12. The topological polar surface area (TPSA) is 150 Å². The van der Waals surface area contributed by atoms with E-state index in [0.717, 1.165) is 107 Å². The lowest BCUT2D eigenvalue weighted by atomic mass is 9.72. The maximum absolute atomic E-state index is 13.8. The van der Waals surface area contributed by atoms with Gasteiger partial charge in [0.1, 0.15) is 19.0 Å². The van der Waals surface area contributed by atoms with E-state index >= 15 is 0 Å². The van der Waals surface area contributed by atoms with Crippen LogP contribution in [0.4, 0.5) is 0 Å². The number of hydrogen-bond donors (Lipinski definition) is 0. The molecule has 0 aromatic heterocycles. The standard InChI is InChI=1S/C79H144O12Si2/c1-11-15-17-19-22-27-64(26-21-18-16-12-2)48-50-86-59-79(14-4,60-87-76(82)56-72-42-34-68(35-43-72)53-67-32-40-71(41-33-67)55-75(81)85-6)61-88-77(83)57-73-44-36-69(37-45-73)54-70-38-46-74(47-39-70)58-78(84)90-93(9,10)91-92(7,8)89-49-24-20-23-25-63(13-3)52-66-30-28-65(29-31-66)51-62(5)80/h63-74H,11-61H2,1-10H3. The highest BCUT2D eigenvalue weighted by Gasteiger charge is 2.41.